The van der Waals surface area contributed by atoms with Crippen molar-refractivity contribution in [2.75, 3.05) is 18.4 Å². The highest BCUT2D eigenvalue weighted by Gasteiger charge is 2.33. The number of hydrogen-bond donors (Lipinski definition) is 3. The molecule has 0 fully saturated rings. The Morgan fingerprint density at radius 2 is 1.87 bits per heavy atom. The molecule has 0 aliphatic rings. The number of hydrogen-bond acceptors (Lipinski definition) is 3. The minimum atomic E-state index is -0.589. The molecule has 0 aliphatic carbocycles. The number of amides is 2. The lowest BCUT2D eigenvalue weighted by molar-refractivity contribution is -0.132. The summed E-state index contributed by atoms with van der Waals surface area (Å²) in [6, 6.07) is 5.54. The van der Waals surface area contributed by atoms with Gasteiger partial charge in [0.2, 0.25) is 11.8 Å². The summed E-state index contributed by atoms with van der Waals surface area (Å²) >= 11 is 3.41. The SMILES string of the molecule is CCC(CC)(CN)C(=O)NCC(=O)Nc1ccc(Br)c(C)c1.Cl. The van der Waals surface area contributed by atoms with Crippen LogP contribution in [0.4, 0.5) is 5.69 Å². The number of carbonyl (C=O) groups is 2. The Morgan fingerprint density at radius 1 is 1.26 bits per heavy atom. The van der Waals surface area contributed by atoms with Crippen molar-refractivity contribution in [1.29, 1.82) is 0 Å². The van der Waals surface area contributed by atoms with Crippen molar-refractivity contribution in [3.8, 4) is 0 Å². The van der Waals surface area contributed by atoms with Crippen molar-refractivity contribution in [2.45, 2.75) is 33.6 Å². The molecule has 2 amide bonds. The fourth-order valence-corrected chi connectivity index (χ4v) is 2.47. The zero-order valence-corrected chi connectivity index (χ0v) is 16.1. The molecule has 0 radical (unpaired) electrons. The minimum Gasteiger partial charge on any atom is -0.347 e. The third-order valence-electron chi connectivity index (χ3n) is 4.08. The van der Waals surface area contributed by atoms with Gasteiger partial charge in [-0.2, -0.15) is 0 Å². The maximum Gasteiger partial charge on any atom is 0.243 e. The molecule has 0 aromatic heterocycles. The van der Waals surface area contributed by atoms with E-state index in [1.54, 1.807) is 6.07 Å². The van der Waals surface area contributed by atoms with E-state index in [9.17, 15) is 9.59 Å². The topological polar surface area (TPSA) is 84.2 Å². The second kappa shape index (κ2) is 9.90. The van der Waals surface area contributed by atoms with Gasteiger partial charge in [0.05, 0.1) is 12.0 Å². The van der Waals surface area contributed by atoms with E-state index < -0.39 is 5.41 Å². The van der Waals surface area contributed by atoms with Crippen LogP contribution in [0.25, 0.3) is 0 Å². The van der Waals surface area contributed by atoms with Gasteiger partial charge in [-0.25, -0.2) is 0 Å². The maximum atomic E-state index is 12.2. The Morgan fingerprint density at radius 3 is 2.35 bits per heavy atom. The first kappa shape index (κ1) is 21.9. The van der Waals surface area contributed by atoms with E-state index in [0.29, 0.717) is 18.5 Å². The molecule has 7 heteroatoms. The molecule has 0 unspecified atom stereocenters. The van der Waals surface area contributed by atoms with Crippen LogP contribution in [0.3, 0.4) is 0 Å². The Balaban J connectivity index is 0.00000484. The van der Waals surface area contributed by atoms with Crippen LogP contribution in [0, 0.1) is 12.3 Å². The average Bonchev–Trinajstić information content (AvgIpc) is 2.51. The number of carbonyl (C=O) groups excluding carboxylic acids is 2. The van der Waals surface area contributed by atoms with E-state index in [0.717, 1.165) is 10.0 Å². The van der Waals surface area contributed by atoms with Gasteiger partial charge in [0.25, 0.3) is 0 Å². The number of nitrogens with one attached hydrogen (secondary N) is 2. The van der Waals surface area contributed by atoms with E-state index >= 15 is 0 Å². The summed E-state index contributed by atoms with van der Waals surface area (Å²) in [7, 11) is 0. The summed E-state index contributed by atoms with van der Waals surface area (Å²) in [5.74, 6) is -0.421. The Kier molecular flexibility index (Phi) is 9.42. The molecule has 0 saturated heterocycles. The fraction of sp³-hybridized carbons (Fsp3) is 0.500. The predicted molar refractivity (Wildman–Crippen MR) is 99.8 cm³/mol. The number of aryl methyl sites for hydroxylation is 1. The smallest absolute Gasteiger partial charge is 0.243 e. The number of anilines is 1. The van der Waals surface area contributed by atoms with Crippen LogP contribution in [0.5, 0.6) is 0 Å². The zero-order valence-electron chi connectivity index (χ0n) is 13.7. The van der Waals surface area contributed by atoms with E-state index in [1.165, 1.54) is 0 Å². The van der Waals surface area contributed by atoms with E-state index in [2.05, 4.69) is 26.6 Å². The third-order valence-corrected chi connectivity index (χ3v) is 4.97. The molecule has 23 heavy (non-hydrogen) atoms. The molecule has 1 aromatic rings. The number of rotatable bonds is 7. The largest absolute Gasteiger partial charge is 0.347 e. The molecular weight excluding hydrogens is 382 g/mol. The van der Waals surface area contributed by atoms with Crippen LogP contribution >= 0.6 is 28.3 Å². The van der Waals surface area contributed by atoms with Crippen LogP contribution in [-0.4, -0.2) is 24.9 Å². The van der Waals surface area contributed by atoms with Crippen LogP contribution in [0.2, 0.25) is 0 Å². The fourth-order valence-electron chi connectivity index (χ4n) is 2.23. The molecule has 0 heterocycles. The van der Waals surface area contributed by atoms with Crippen LogP contribution in [0.1, 0.15) is 32.3 Å². The molecular formula is C16H25BrClN3O2. The number of nitrogens with two attached hydrogens (primary N) is 1. The molecule has 0 saturated carbocycles. The first-order valence-corrected chi connectivity index (χ1v) is 8.22. The minimum absolute atomic E-state index is 0. The normalized spacial score (nSPS) is 10.7. The Labute approximate surface area is 152 Å². The number of halogens is 2. The van der Waals surface area contributed by atoms with Crippen molar-refractivity contribution in [1.82, 2.24) is 5.32 Å². The Hall–Kier alpha value is -1.11. The van der Waals surface area contributed by atoms with Gasteiger partial charge in [0.1, 0.15) is 0 Å². The van der Waals surface area contributed by atoms with Gasteiger partial charge >= 0.3 is 0 Å². The third kappa shape index (κ3) is 5.79. The molecule has 4 N–H and O–H groups in total. The van der Waals surface area contributed by atoms with E-state index in [-0.39, 0.29) is 37.3 Å². The molecule has 1 rings (SSSR count). The lowest BCUT2D eigenvalue weighted by Crippen LogP contribution is -2.47. The molecule has 0 atom stereocenters. The standard InChI is InChI=1S/C16H24BrN3O2.ClH/c1-4-16(5-2,10-18)15(22)19-9-14(21)20-12-6-7-13(17)11(3)8-12;/h6-8H,4-5,9-10,18H2,1-3H3,(H,19,22)(H,20,21);1H. The van der Waals surface area contributed by atoms with Gasteiger partial charge < -0.3 is 16.4 Å². The average molecular weight is 407 g/mol. The quantitative estimate of drug-likeness (QED) is 0.651. The maximum absolute atomic E-state index is 12.2. The molecule has 5 nitrogen and oxygen atoms in total. The van der Waals surface area contributed by atoms with Crippen LogP contribution in [-0.2, 0) is 9.59 Å². The van der Waals surface area contributed by atoms with Crippen molar-refractivity contribution < 1.29 is 9.59 Å². The summed E-state index contributed by atoms with van der Waals surface area (Å²) in [6.45, 7) is 6.02. The first-order chi connectivity index (χ1) is 10.4. The highest BCUT2D eigenvalue weighted by Crippen LogP contribution is 2.24. The van der Waals surface area contributed by atoms with E-state index in [1.807, 2.05) is 32.9 Å². The van der Waals surface area contributed by atoms with Crippen LogP contribution in [0.15, 0.2) is 22.7 Å². The lowest BCUT2D eigenvalue weighted by atomic mass is 9.81. The summed E-state index contributed by atoms with van der Waals surface area (Å²) in [5.41, 5.74) is 6.87. The zero-order chi connectivity index (χ0) is 16.8. The Bertz CT molecular complexity index is 540. The van der Waals surface area contributed by atoms with Gasteiger partial charge in [0, 0.05) is 16.7 Å². The molecule has 1 aromatic carbocycles. The monoisotopic (exact) mass is 405 g/mol. The molecule has 130 valence electrons. The van der Waals surface area contributed by atoms with Gasteiger partial charge in [-0.15, -0.1) is 12.4 Å². The van der Waals surface area contributed by atoms with Crippen molar-refractivity contribution >= 4 is 45.8 Å². The highest BCUT2D eigenvalue weighted by atomic mass is 79.9. The summed E-state index contributed by atoms with van der Waals surface area (Å²) < 4.78 is 0.984. The predicted octanol–water partition coefficient (Wildman–Crippen LogP) is 3.00. The second-order valence-corrected chi connectivity index (χ2v) is 6.24. The summed E-state index contributed by atoms with van der Waals surface area (Å²) in [5, 5.41) is 5.45. The highest BCUT2D eigenvalue weighted by molar-refractivity contribution is 9.10. The van der Waals surface area contributed by atoms with Crippen molar-refractivity contribution in [3.05, 3.63) is 28.2 Å². The van der Waals surface area contributed by atoms with Crippen molar-refractivity contribution in [2.24, 2.45) is 11.1 Å². The summed E-state index contributed by atoms with van der Waals surface area (Å²) in [4.78, 5) is 24.2. The molecule has 0 aliphatic heterocycles. The lowest BCUT2D eigenvalue weighted by Gasteiger charge is -2.28. The number of benzene rings is 1. The summed E-state index contributed by atoms with van der Waals surface area (Å²) in [6.07, 6.45) is 1.30. The van der Waals surface area contributed by atoms with Gasteiger partial charge in [0.15, 0.2) is 0 Å². The second-order valence-electron chi connectivity index (χ2n) is 5.39. The van der Waals surface area contributed by atoms with Gasteiger partial charge in [-0.05, 0) is 43.5 Å². The molecule has 0 bridgehead atoms. The van der Waals surface area contributed by atoms with E-state index in [4.69, 9.17) is 5.73 Å². The van der Waals surface area contributed by atoms with Gasteiger partial charge in [-0.3, -0.25) is 9.59 Å². The van der Waals surface area contributed by atoms with Crippen molar-refractivity contribution in [3.63, 3.8) is 0 Å². The van der Waals surface area contributed by atoms with Gasteiger partial charge in [-0.1, -0.05) is 29.8 Å². The first-order valence-electron chi connectivity index (χ1n) is 7.43. The van der Waals surface area contributed by atoms with Crippen LogP contribution < -0.4 is 16.4 Å². The molecule has 0 spiro atoms.